The van der Waals surface area contributed by atoms with Crippen molar-refractivity contribution in [1.82, 2.24) is 0 Å². The Morgan fingerprint density at radius 2 is 1.80 bits per heavy atom. The normalized spacial score (nSPS) is 58.0. The van der Waals surface area contributed by atoms with Crippen LogP contribution in [0, 0.1) is 34.0 Å². The highest BCUT2D eigenvalue weighted by Gasteiger charge is 2.75. The van der Waals surface area contributed by atoms with E-state index in [4.69, 9.17) is 0 Å². The van der Waals surface area contributed by atoms with E-state index in [1.165, 1.54) is 0 Å². The number of hydrogen-bond donors (Lipinski definition) is 4. The Bertz CT molecular complexity index is 632. The topological polar surface area (TPSA) is 98.0 Å². The van der Waals surface area contributed by atoms with Crippen molar-refractivity contribution in [1.29, 1.82) is 0 Å². The van der Waals surface area contributed by atoms with E-state index in [0.29, 0.717) is 12.8 Å². The average molecular weight is 350 g/mol. The van der Waals surface area contributed by atoms with Gasteiger partial charge in [-0.25, -0.2) is 0 Å². The van der Waals surface area contributed by atoms with E-state index in [9.17, 15) is 25.2 Å². The summed E-state index contributed by atoms with van der Waals surface area (Å²) in [4.78, 5) is 13.2. The SMILES string of the molecule is C=C1C(=O)[C@@]23[C@H](O)C[C@@H]4[C@@](C)(CO)CCC[C@@]4(C)[C@@H]2C[C@H](O)[C@@H]1[C@H]3O. The quantitative estimate of drug-likeness (QED) is 0.530. The van der Waals surface area contributed by atoms with Gasteiger partial charge < -0.3 is 20.4 Å². The van der Waals surface area contributed by atoms with Crippen LogP contribution in [0.5, 0.6) is 0 Å². The lowest BCUT2D eigenvalue weighted by molar-refractivity contribution is -0.242. The molecule has 25 heavy (non-hydrogen) atoms. The number of aliphatic hydroxyl groups excluding tert-OH is 4. The Morgan fingerprint density at radius 1 is 1.12 bits per heavy atom. The molecule has 140 valence electrons. The lowest BCUT2D eigenvalue weighted by Gasteiger charge is -2.65. The summed E-state index contributed by atoms with van der Waals surface area (Å²) in [5.74, 6) is -1.16. The molecule has 0 radical (unpaired) electrons. The fourth-order valence-electron chi connectivity index (χ4n) is 7.43. The van der Waals surface area contributed by atoms with Gasteiger partial charge in [0.2, 0.25) is 0 Å². The number of rotatable bonds is 1. The largest absolute Gasteiger partial charge is 0.396 e. The maximum absolute atomic E-state index is 13.2. The molecule has 0 heterocycles. The molecule has 0 aromatic carbocycles. The van der Waals surface area contributed by atoms with Crippen molar-refractivity contribution in [2.45, 2.75) is 64.3 Å². The summed E-state index contributed by atoms with van der Waals surface area (Å²) < 4.78 is 0. The minimum absolute atomic E-state index is 0.0497. The fraction of sp³-hybridized carbons (Fsp3) is 0.850. The van der Waals surface area contributed by atoms with Crippen molar-refractivity contribution >= 4 is 5.78 Å². The zero-order chi connectivity index (χ0) is 18.4. The predicted octanol–water partition coefficient (Wildman–Crippen LogP) is 1.04. The van der Waals surface area contributed by atoms with Crippen LogP contribution < -0.4 is 0 Å². The summed E-state index contributed by atoms with van der Waals surface area (Å²) in [5, 5.41) is 42.9. The maximum atomic E-state index is 13.2. The molecule has 0 aliphatic heterocycles. The number of carbonyl (C=O) groups excluding carboxylic acids is 1. The molecule has 4 fully saturated rings. The first-order valence-electron chi connectivity index (χ1n) is 9.53. The van der Waals surface area contributed by atoms with Crippen molar-refractivity contribution in [2.75, 3.05) is 6.61 Å². The number of fused-ring (bicyclic) bond motifs is 3. The van der Waals surface area contributed by atoms with Gasteiger partial charge in [0.05, 0.1) is 23.7 Å². The molecule has 5 heteroatoms. The van der Waals surface area contributed by atoms with Gasteiger partial charge in [-0.05, 0) is 53.9 Å². The fourth-order valence-corrected chi connectivity index (χ4v) is 7.43. The molecule has 0 unspecified atom stereocenters. The van der Waals surface area contributed by atoms with Gasteiger partial charge in [0, 0.05) is 12.5 Å². The number of carbonyl (C=O) groups is 1. The van der Waals surface area contributed by atoms with Gasteiger partial charge in [0.1, 0.15) is 0 Å². The summed E-state index contributed by atoms with van der Waals surface area (Å²) in [7, 11) is 0. The van der Waals surface area contributed by atoms with Gasteiger partial charge in [0.15, 0.2) is 5.78 Å². The summed E-state index contributed by atoms with van der Waals surface area (Å²) in [5.41, 5.74) is -1.58. The standard InChI is InChI=1S/C20H30O5/c1-10-15-11(22)7-13-19(3)6-4-5-18(2,9-21)12(19)8-14(23)20(13,16(10)24)17(15)25/h11-15,17,21-23,25H,1,4-9H2,2-3H3/t11-,12+,13-,14+,15+,17+,18+,19+,20-/m0/s1. The third-order valence-electron chi connectivity index (χ3n) is 8.65. The van der Waals surface area contributed by atoms with Crippen LogP contribution in [0.3, 0.4) is 0 Å². The summed E-state index contributed by atoms with van der Waals surface area (Å²) in [6.45, 7) is 8.10. The third kappa shape index (κ3) is 1.81. The van der Waals surface area contributed by atoms with E-state index in [1.54, 1.807) is 0 Å². The molecule has 9 atom stereocenters. The minimum Gasteiger partial charge on any atom is -0.396 e. The summed E-state index contributed by atoms with van der Waals surface area (Å²) in [6.07, 6.45) is 0.684. The Balaban J connectivity index is 1.89. The molecule has 4 aliphatic carbocycles. The van der Waals surface area contributed by atoms with E-state index < -0.39 is 29.6 Å². The molecule has 0 saturated heterocycles. The van der Waals surface area contributed by atoms with Crippen LogP contribution in [0.1, 0.15) is 46.0 Å². The van der Waals surface area contributed by atoms with Gasteiger partial charge in [-0.1, -0.05) is 26.8 Å². The molecule has 4 aliphatic rings. The Morgan fingerprint density at radius 3 is 2.44 bits per heavy atom. The number of Topliss-reactive ketones (excluding diaryl/α,β-unsaturated/α-hetero) is 1. The first-order valence-corrected chi connectivity index (χ1v) is 9.53. The van der Waals surface area contributed by atoms with Gasteiger partial charge in [-0.2, -0.15) is 0 Å². The van der Waals surface area contributed by atoms with Crippen LogP contribution in [-0.2, 0) is 4.79 Å². The van der Waals surface area contributed by atoms with E-state index in [2.05, 4.69) is 20.4 Å². The first kappa shape index (κ1) is 17.7. The molecule has 5 nitrogen and oxygen atoms in total. The molecule has 0 amide bonds. The molecule has 4 saturated carbocycles. The highest BCUT2D eigenvalue weighted by atomic mass is 16.3. The van der Waals surface area contributed by atoms with Crippen LogP contribution in [-0.4, -0.2) is 51.1 Å². The van der Waals surface area contributed by atoms with Gasteiger partial charge in [0.25, 0.3) is 0 Å². The lowest BCUT2D eigenvalue weighted by atomic mass is 9.39. The van der Waals surface area contributed by atoms with E-state index in [-0.39, 0.29) is 40.6 Å². The molecule has 0 aromatic heterocycles. The molecular weight excluding hydrogens is 320 g/mol. The van der Waals surface area contributed by atoms with Gasteiger partial charge in [-0.3, -0.25) is 4.79 Å². The van der Waals surface area contributed by atoms with Crippen molar-refractivity contribution in [2.24, 2.45) is 34.0 Å². The molecule has 0 aromatic rings. The monoisotopic (exact) mass is 350 g/mol. The molecule has 2 bridgehead atoms. The van der Waals surface area contributed by atoms with Crippen LogP contribution >= 0.6 is 0 Å². The van der Waals surface area contributed by atoms with Gasteiger partial charge in [-0.15, -0.1) is 0 Å². The number of ketones is 1. The van der Waals surface area contributed by atoms with Crippen LogP contribution in [0.25, 0.3) is 0 Å². The second-order valence-electron chi connectivity index (χ2n) is 9.59. The van der Waals surface area contributed by atoms with E-state index >= 15 is 0 Å². The Kier molecular flexibility index (Phi) is 3.64. The van der Waals surface area contributed by atoms with Crippen molar-refractivity contribution < 1.29 is 25.2 Å². The number of hydrogen-bond acceptors (Lipinski definition) is 5. The zero-order valence-corrected chi connectivity index (χ0v) is 15.1. The zero-order valence-electron chi connectivity index (χ0n) is 15.1. The second-order valence-corrected chi connectivity index (χ2v) is 9.59. The summed E-state index contributed by atoms with van der Waals surface area (Å²) >= 11 is 0. The molecule has 4 N–H and O–H groups in total. The third-order valence-corrected chi connectivity index (χ3v) is 8.65. The highest BCUT2D eigenvalue weighted by molar-refractivity contribution is 6.04. The Hall–Kier alpha value is -0.750. The first-order chi connectivity index (χ1) is 11.6. The lowest BCUT2D eigenvalue weighted by Crippen LogP contribution is -2.68. The summed E-state index contributed by atoms with van der Waals surface area (Å²) in [6, 6.07) is 0. The van der Waals surface area contributed by atoms with Crippen molar-refractivity contribution in [3.8, 4) is 0 Å². The predicted molar refractivity (Wildman–Crippen MR) is 91.5 cm³/mol. The Labute approximate surface area is 148 Å². The van der Waals surface area contributed by atoms with Crippen LogP contribution in [0.4, 0.5) is 0 Å². The van der Waals surface area contributed by atoms with Crippen molar-refractivity contribution in [3.05, 3.63) is 12.2 Å². The van der Waals surface area contributed by atoms with E-state index in [1.807, 2.05) is 0 Å². The molecule has 4 rings (SSSR count). The van der Waals surface area contributed by atoms with Crippen LogP contribution in [0.2, 0.25) is 0 Å². The average Bonchev–Trinajstić information content (AvgIpc) is 2.69. The molecule has 1 spiro atoms. The second kappa shape index (κ2) is 5.16. The smallest absolute Gasteiger partial charge is 0.170 e. The van der Waals surface area contributed by atoms with Crippen LogP contribution in [0.15, 0.2) is 12.2 Å². The highest BCUT2D eigenvalue weighted by Crippen LogP contribution is 2.70. The minimum atomic E-state index is -1.24. The van der Waals surface area contributed by atoms with Gasteiger partial charge >= 0.3 is 0 Å². The maximum Gasteiger partial charge on any atom is 0.170 e. The molecular formula is C20H30O5. The van der Waals surface area contributed by atoms with E-state index in [0.717, 1.165) is 19.3 Å². The number of aliphatic hydroxyl groups is 4. The van der Waals surface area contributed by atoms with Crippen molar-refractivity contribution in [3.63, 3.8) is 0 Å².